The Kier molecular flexibility index (Phi) is 3.02. The van der Waals surface area contributed by atoms with E-state index in [1.807, 2.05) is 30.3 Å². The molecular weight excluding hydrogens is 228 g/mol. The molecule has 0 radical (unpaired) electrons. The van der Waals surface area contributed by atoms with Crippen molar-refractivity contribution >= 4 is 5.91 Å². The molecule has 1 amide bonds. The number of rotatable bonds is 2. The number of primary amides is 1. The average Bonchev–Trinajstić information content (AvgIpc) is 2.34. The number of aromatic nitrogens is 1. The smallest absolute Gasteiger partial charge is 0.251 e. The van der Waals surface area contributed by atoms with Gasteiger partial charge in [-0.25, -0.2) is 0 Å². The lowest BCUT2D eigenvalue weighted by molar-refractivity contribution is 0.1000. The largest absolute Gasteiger partial charge is 0.366 e. The van der Waals surface area contributed by atoms with Gasteiger partial charge in [0.15, 0.2) is 0 Å². The first-order valence-electron chi connectivity index (χ1n) is 5.61. The van der Waals surface area contributed by atoms with Gasteiger partial charge in [-0.05, 0) is 19.4 Å². The lowest BCUT2D eigenvalue weighted by atomic mass is 9.95. The van der Waals surface area contributed by atoms with Gasteiger partial charge in [0.2, 0.25) is 0 Å². The minimum absolute atomic E-state index is 0.198. The normalized spacial score (nSPS) is 10.3. The Morgan fingerprint density at radius 1 is 1.17 bits per heavy atom. The molecule has 18 heavy (non-hydrogen) atoms. The first-order valence-corrected chi connectivity index (χ1v) is 5.61. The van der Waals surface area contributed by atoms with Crippen LogP contribution in [0.25, 0.3) is 11.1 Å². The maximum Gasteiger partial charge on any atom is 0.251 e. The van der Waals surface area contributed by atoms with E-state index >= 15 is 0 Å². The molecule has 0 saturated carbocycles. The van der Waals surface area contributed by atoms with E-state index in [0.29, 0.717) is 22.4 Å². The van der Waals surface area contributed by atoms with Crippen LogP contribution in [0.1, 0.15) is 21.6 Å². The van der Waals surface area contributed by atoms with Crippen LogP contribution in [0.2, 0.25) is 0 Å². The van der Waals surface area contributed by atoms with Crippen LogP contribution in [0.15, 0.2) is 35.1 Å². The van der Waals surface area contributed by atoms with Gasteiger partial charge in [0.05, 0.1) is 5.56 Å². The summed E-state index contributed by atoms with van der Waals surface area (Å²) in [6.07, 6.45) is 0. The van der Waals surface area contributed by atoms with Crippen LogP contribution in [0, 0.1) is 13.8 Å². The second-order valence-electron chi connectivity index (χ2n) is 4.18. The van der Waals surface area contributed by atoms with Gasteiger partial charge in [0, 0.05) is 16.8 Å². The molecule has 0 aliphatic rings. The van der Waals surface area contributed by atoms with Crippen LogP contribution in [0.4, 0.5) is 0 Å². The first kappa shape index (κ1) is 12.1. The van der Waals surface area contributed by atoms with Gasteiger partial charge in [-0.2, -0.15) is 0 Å². The summed E-state index contributed by atoms with van der Waals surface area (Å²) in [5.41, 5.74) is 8.02. The summed E-state index contributed by atoms with van der Waals surface area (Å²) in [6, 6.07) is 9.30. The lowest BCUT2D eigenvalue weighted by Crippen LogP contribution is -2.22. The zero-order valence-electron chi connectivity index (χ0n) is 10.3. The van der Waals surface area contributed by atoms with Crippen molar-refractivity contribution in [1.82, 2.24) is 4.98 Å². The van der Waals surface area contributed by atoms with Gasteiger partial charge in [0.25, 0.3) is 11.5 Å². The Bertz CT molecular complexity index is 657. The standard InChI is InChI=1S/C14H14N2O2/c1-8-11(10-6-4-3-5-7-10)12(13(15)17)9(2)16-14(8)18/h3-7H,1-2H3,(H2,15,17)(H,16,18). The molecule has 0 aliphatic carbocycles. The predicted octanol–water partition coefficient (Wildman–Crippen LogP) is 1.76. The van der Waals surface area contributed by atoms with E-state index in [-0.39, 0.29) is 5.56 Å². The van der Waals surface area contributed by atoms with Gasteiger partial charge in [-0.15, -0.1) is 0 Å². The van der Waals surface area contributed by atoms with Gasteiger partial charge >= 0.3 is 0 Å². The fourth-order valence-electron chi connectivity index (χ4n) is 2.09. The maximum absolute atomic E-state index is 11.8. The molecule has 0 spiro atoms. The highest BCUT2D eigenvalue weighted by atomic mass is 16.1. The number of carbonyl (C=O) groups excluding carboxylic acids is 1. The van der Waals surface area contributed by atoms with Crippen LogP contribution in [-0.4, -0.2) is 10.9 Å². The van der Waals surface area contributed by atoms with Gasteiger partial charge in [-0.1, -0.05) is 30.3 Å². The molecule has 92 valence electrons. The number of nitrogens with two attached hydrogens (primary N) is 1. The van der Waals surface area contributed by atoms with Crippen molar-refractivity contribution < 1.29 is 4.79 Å². The van der Waals surface area contributed by atoms with Crippen LogP contribution in [0.3, 0.4) is 0 Å². The van der Waals surface area contributed by atoms with Gasteiger partial charge in [-0.3, -0.25) is 9.59 Å². The minimum atomic E-state index is -0.536. The molecule has 2 aromatic rings. The molecule has 0 atom stereocenters. The molecule has 1 aromatic heterocycles. The molecule has 0 fully saturated rings. The number of hydrogen-bond acceptors (Lipinski definition) is 2. The summed E-state index contributed by atoms with van der Waals surface area (Å²) in [5.74, 6) is -0.536. The van der Waals surface area contributed by atoms with Crippen LogP contribution < -0.4 is 11.3 Å². The summed E-state index contributed by atoms with van der Waals surface area (Å²) in [5, 5.41) is 0. The number of benzene rings is 1. The molecule has 1 heterocycles. The average molecular weight is 242 g/mol. The maximum atomic E-state index is 11.8. The quantitative estimate of drug-likeness (QED) is 0.841. The van der Waals surface area contributed by atoms with Crippen LogP contribution in [-0.2, 0) is 0 Å². The lowest BCUT2D eigenvalue weighted by Gasteiger charge is -2.12. The van der Waals surface area contributed by atoms with Crippen LogP contribution in [0.5, 0.6) is 0 Å². The SMILES string of the molecule is Cc1[nH]c(=O)c(C)c(-c2ccccc2)c1C(N)=O. The number of hydrogen-bond donors (Lipinski definition) is 2. The van der Waals surface area contributed by atoms with E-state index in [9.17, 15) is 9.59 Å². The minimum Gasteiger partial charge on any atom is -0.366 e. The second kappa shape index (κ2) is 4.49. The first-order chi connectivity index (χ1) is 8.52. The molecular formula is C14H14N2O2. The fraction of sp³-hybridized carbons (Fsp3) is 0.143. The summed E-state index contributed by atoms with van der Waals surface area (Å²) >= 11 is 0. The van der Waals surface area contributed by atoms with Gasteiger partial charge < -0.3 is 10.7 Å². The summed E-state index contributed by atoms with van der Waals surface area (Å²) in [6.45, 7) is 3.36. The third-order valence-corrected chi connectivity index (χ3v) is 2.95. The monoisotopic (exact) mass is 242 g/mol. The predicted molar refractivity (Wildman–Crippen MR) is 70.5 cm³/mol. The molecule has 0 saturated heterocycles. The van der Waals surface area contributed by atoms with E-state index < -0.39 is 5.91 Å². The number of aryl methyl sites for hydroxylation is 1. The highest BCUT2D eigenvalue weighted by Gasteiger charge is 2.17. The van der Waals surface area contributed by atoms with Crippen molar-refractivity contribution in [1.29, 1.82) is 0 Å². The number of aromatic amines is 1. The Morgan fingerprint density at radius 3 is 2.33 bits per heavy atom. The van der Waals surface area contributed by atoms with Crippen LogP contribution >= 0.6 is 0 Å². The molecule has 4 heteroatoms. The molecule has 4 nitrogen and oxygen atoms in total. The van der Waals surface area contributed by atoms with Crippen molar-refractivity contribution in [3.63, 3.8) is 0 Å². The molecule has 0 bridgehead atoms. The van der Waals surface area contributed by atoms with Gasteiger partial charge in [0.1, 0.15) is 0 Å². The fourth-order valence-corrected chi connectivity index (χ4v) is 2.09. The van der Waals surface area contributed by atoms with Crippen molar-refractivity contribution in [2.24, 2.45) is 5.73 Å². The Labute approximate surface area is 104 Å². The second-order valence-corrected chi connectivity index (χ2v) is 4.18. The zero-order chi connectivity index (χ0) is 13.3. The summed E-state index contributed by atoms with van der Waals surface area (Å²) in [7, 11) is 0. The van der Waals surface area contributed by atoms with Crippen molar-refractivity contribution in [3.8, 4) is 11.1 Å². The third-order valence-electron chi connectivity index (χ3n) is 2.95. The number of H-pyrrole nitrogens is 1. The Hall–Kier alpha value is -2.36. The number of pyridine rings is 1. The van der Waals surface area contributed by atoms with Crippen molar-refractivity contribution in [2.45, 2.75) is 13.8 Å². The van der Waals surface area contributed by atoms with E-state index in [1.54, 1.807) is 13.8 Å². The van der Waals surface area contributed by atoms with E-state index in [0.717, 1.165) is 5.56 Å². The molecule has 0 aliphatic heterocycles. The van der Waals surface area contributed by atoms with Crippen molar-refractivity contribution in [2.75, 3.05) is 0 Å². The highest BCUT2D eigenvalue weighted by Crippen LogP contribution is 2.26. The van der Waals surface area contributed by atoms with E-state index in [4.69, 9.17) is 5.73 Å². The molecule has 1 aromatic carbocycles. The highest BCUT2D eigenvalue weighted by molar-refractivity contribution is 6.01. The molecule has 3 N–H and O–H groups in total. The summed E-state index contributed by atoms with van der Waals surface area (Å²) in [4.78, 5) is 26.0. The number of nitrogens with one attached hydrogen (secondary N) is 1. The number of amides is 1. The topological polar surface area (TPSA) is 75.9 Å². The Morgan fingerprint density at radius 2 is 1.78 bits per heavy atom. The Balaban J connectivity index is 2.88. The van der Waals surface area contributed by atoms with E-state index in [1.165, 1.54) is 0 Å². The summed E-state index contributed by atoms with van der Waals surface area (Å²) < 4.78 is 0. The molecule has 0 unspecified atom stereocenters. The molecule has 2 rings (SSSR count). The van der Waals surface area contributed by atoms with Crippen molar-refractivity contribution in [3.05, 3.63) is 57.5 Å². The third kappa shape index (κ3) is 1.93. The number of carbonyl (C=O) groups is 1. The zero-order valence-corrected chi connectivity index (χ0v) is 10.3. The van der Waals surface area contributed by atoms with E-state index in [2.05, 4.69) is 4.98 Å².